The molecule has 0 radical (unpaired) electrons. The topological polar surface area (TPSA) is 39.1 Å². The number of ether oxygens (including phenoxy) is 1. The molecule has 1 aliphatic rings. The van der Waals surface area contributed by atoms with Crippen molar-refractivity contribution in [3.63, 3.8) is 0 Å². The lowest BCUT2D eigenvalue weighted by atomic mass is 10.0. The van der Waals surface area contributed by atoms with E-state index in [1.807, 2.05) is 31.0 Å². The third kappa shape index (κ3) is 2.78. The van der Waals surface area contributed by atoms with Crippen molar-refractivity contribution in [3.8, 4) is 5.69 Å². The summed E-state index contributed by atoms with van der Waals surface area (Å²) in [5.74, 6) is 0. The van der Waals surface area contributed by atoms with Gasteiger partial charge in [-0.2, -0.15) is 5.10 Å². The zero-order chi connectivity index (χ0) is 12.8. The monoisotopic (exact) mass is 245 g/mol. The summed E-state index contributed by atoms with van der Waals surface area (Å²) in [6.07, 6.45) is 4.76. The van der Waals surface area contributed by atoms with E-state index < -0.39 is 0 Å². The summed E-state index contributed by atoms with van der Waals surface area (Å²) in [4.78, 5) is 0. The van der Waals surface area contributed by atoms with Crippen molar-refractivity contribution in [1.82, 2.24) is 15.1 Å². The molecule has 1 N–H and O–H groups in total. The predicted octanol–water partition coefficient (Wildman–Crippen LogP) is 1.78. The third-order valence-corrected chi connectivity index (χ3v) is 2.75. The number of rotatable bonds is 1. The minimum absolute atomic E-state index is 0.727. The Morgan fingerprint density at radius 3 is 2.83 bits per heavy atom. The van der Waals surface area contributed by atoms with Gasteiger partial charge in [0, 0.05) is 12.4 Å². The molecule has 2 heterocycles. The highest BCUT2D eigenvalue weighted by molar-refractivity contribution is 5.46. The van der Waals surface area contributed by atoms with Crippen LogP contribution in [0.15, 0.2) is 36.7 Å². The zero-order valence-corrected chi connectivity index (χ0v) is 10.9. The SMILES string of the molecule is CNC.c1cc2c(c(-n3cccn3)c1)CCOC2. The van der Waals surface area contributed by atoms with Crippen LogP contribution in [0.3, 0.4) is 0 Å². The maximum atomic E-state index is 5.44. The summed E-state index contributed by atoms with van der Waals surface area (Å²) in [6.45, 7) is 1.54. The van der Waals surface area contributed by atoms with E-state index in [1.165, 1.54) is 16.8 Å². The van der Waals surface area contributed by atoms with Crippen LogP contribution in [0.1, 0.15) is 11.1 Å². The zero-order valence-electron chi connectivity index (χ0n) is 10.9. The summed E-state index contributed by atoms with van der Waals surface area (Å²) >= 11 is 0. The van der Waals surface area contributed by atoms with E-state index in [2.05, 4.69) is 28.6 Å². The summed E-state index contributed by atoms with van der Waals surface area (Å²) in [5, 5.41) is 7.02. The van der Waals surface area contributed by atoms with Crippen LogP contribution in [0.5, 0.6) is 0 Å². The molecule has 0 fully saturated rings. The highest BCUT2D eigenvalue weighted by atomic mass is 16.5. The third-order valence-electron chi connectivity index (χ3n) is 2.75. The molecule has 0 saturated carbocycles. The summed E-state index contributed by atoms with van der Waals surface area (Å²) in [6, 6.07) is 8.24. The van der Waals surface area contributed by atoms with E-state index in [0.29, 0.717) is 0 Å². The van der Waals surface area contributed by atoms with Gasteiger partial charge < -0.3 is 10.1 Å². The first-order chi connectivity index (χ1) is 8.86. The molecular formula is C14H19N3O. The molecule has 0 amide bonds. The molecule has 1 aliphatic heterocycles. The normalized spacial score (nSPS) is 13.4. The average Bonchev–Trinajstić information content (AvgIpc) is 2.93. The first-order valence-electron chi connectivity index (χ1n) is 6.14. The Hall–Kier alpha value is -1.65. The number of nitrogens with zero attached hydrogens (tertiary/aromatic N) is 2. The van der Waals surface area contributed by atoms with Crippen molar-refractivity contribution in [2.75, 3.05) is 20.7 Å². The van der Waals surface area contributed by atoms with Gasteiger partial charge in [-0.05, 0) is 43.8 Å². The van der Waals surface area contributed by atoms with Crippen molar-refractivity contribution in [2.45, 2.75) is 13.0 Å². The first-order valence-corrected chi connectivity index (χ1v) is 6.14. The molecule has 0 atom stereocenters. The maximum absolute atomic E-state index is 5.44. The molecule has 0 unspecified atom stereocenters. The molecule has 3 rings (SSSR count). The molecule has 4 heteroatoms. The van der Waals surface area contributed by atoms with Gasteiger partial charge in [0.2, 0.25) is 0 Å². The van der Waals surface area contributed by atoms with Crippen LogP contribution >= 0.6 is 0 Å². The van der Waals surface area contributed by atoms with Gasteiger partial charge in [0.05, 0.1) is 18.9 Å². The minimum atomic E-state index is 0.727. The van der Waals surface area contributed by atoms with Crippen molar-refractivity contribution in [1.29, 1.82) is 0 Å². The lowest BCUT2D eigenvalue weighted by Crippen LogP contribution is -2.13. The second kappa shape index (κ2) is 6.33. The van der Waals surface area contributed by atoms with Crippen molar-refractivity contribution in [3.05, 3.63) is 47.8 Å². The second-order valence-corrected chi connectivity index (χ2v) is 4.17. The number of nitrogens with one attached hydrogen (secondary N) is 1. The Kier molecular flexibility index (Phi) is 4.50. The van der Waals surface area contributed by atoms with Crippen LogP contribution < -0.4 is 5.32 Å². The van der Waals surface area contributed by atoms with Gasteiger partial charge >= 0.3 is 0 Å². The molecule has 4 nitrogen and oxygen atoms in total. The van der Waals surface area contributed by atoms with E-state index in [0.717, 1.165) is 19.6 Å². The van der Waals surface area contributed by atoms with Crippen LogP contribution in [0.4, 0.5) is 0 Å². The molecule has 0 saturated heterocycles. The summed E-state index contributed by atoms with van der Waals surface area (Å²) < 4.78 is 7.36. The lowest BCUT2D eigenvalue weighted by Gasteiger charge is -2.19. The molecule has 96 valence electrons. The van der Waals surface area contributed by atoms with Gasteiger partial charge in [-0.1, -0.05) is 12.1 Å². The van der Waals surface area contributed by atoms with Crippen LogP contribution in [0.2, 0.25) is 0 Å². The Morgan fingerprint density at radius 1 is 1.28 bits per heavy atom. The number of aromatic nitrogens is 2. The Labute approximate surface area is 108 Å². The predicted molar refractivity (Wildman–Crippen MR) is 71.9 cm³/mol. The molecule has 1 aromatic heterocycles. The molecule has 0 aliphatic carbocycles. The fourth-order valence-corrected chi connectivity index (χ4v) is 2.03. The number of benzene rings is 1. The van der Waals surface area contributed by atoms with Crippen molar-refractivity contribution in [2.24, 2.45) is 0 Å². The van der Waals surface area contributed by atoms with E-state index >= 15 is 0 Å². The smallest absolute Gasteiger partial charge is 0.0720 e. The Balaban J connectivity index is 0.000000367. The van der Waals surface area contributed by atoms with E-state index in [9.17, 15) is 0 Å². The van der Waals surface area contributed by atoms with Crippen molar-refractivity contribution >= 4 is 0 Å². The highest BCUT2D eigenvalue weighted by Gasteiger charge is 2.13. The second-order valence-electron chi connectivity index (χ2n) is 4.17. The minimum Gasteiger partial charge on any atom is -0.376 e. The van der Waals surface area contributed by atoms with Gasteiger partial charge in [0.15, 0.2) is 0 Å². The van der Waals surface area contributed by atoms with E-state index in [4.69, 9.17) is 4.74 Å². The molecule has 1 aromatic carbocycles. The first kappa shape index (κ1) is 12.8. The van der Waals surface area contributed by atoms with Crippen molar-refractivity contribution < 1.29 is 4.74 Å². The molecule has 18 heavy (non-hydrogen) atoms. The Bertz CT molecular complexity index is 480. The van der Waals surface area contributed by atoms with Crippen LogP contribution in [0.25, 0.3) is 5.69 Å². The average molecular weight is 245 g/mol. The van der Waals surface area contributed by atoms with Crippen LogP contribution in [0, 0.1) is 0 Å². The Morgan fingerprint density at radius 2 is 2.11 bits per heavy atom. The van der Waals surface area contributed by atoms with Crippen LogP contribution in [-0.4, -0.2) is 30.5 Å². The molecule has 2 aromatic rings. The van der Waals surface area contributed by atoms with E-state index in [1.54, 1.807) is 6.20 Å². The molecule has 0 bridgehead atoms. The van der Waals surface area contributed by atoms with Gasteiger partial charge in [-0.15, -0.1) is 0 Å². The highest BCUT2D eigenvalue weighted by Crippen LogP contribution is 2.23. The summed E-state index contributed by atoms with van der Waals surface area (Å²) in [5.41, 5.74) is 3.84. The standard InChI is InChI=1S/C12H12N2O.C2H7N/c1-3-10-9-15-8-5-11(10)12(4-1)14-7-2-6-13-14;1-3-2/h1-4,6-7H,5,8-9H2;3H,1-2H3. The fourth-order valence-electron chi connectivity index (χ4n) is 2.03. The molecule has 0 spiro atoms. The lowest BCUT2D eigenvalue weighted by molar-refractivity contribution is 0.110. The van der Waals surface area contributed by atoms with Gasteiger partial charge in [-0.25, -0.2) is 4.68 Å². The fraction of sp³-hybridized carbons (Fsp3) is 0.357. The van der Waals surface area contributed by atoms with E-state index in [-0.39, 0.29) is 0 Å². The van der Waals surface area contributed by atoms with Crippen LogP contribution in [-0.2, 0) is 17.8 Å². The largest absolute Gasteiger partial charge is 0.376 e. The summed E-state index contributed by atoms with van der Waals surface area (Å²) in [7, 11) is 3.75. The van der Waals surface area contributed by atoms with Gasteiger partial charge in [0.25, 0.3) is 0 Å². The van der Waals surface area contributed by atoms with Gasteiger partial charge in [0.1, 0.15) is 0 Å². The molecular weight excluding hydrogens is 226 g/mol. The maximum Gasteiger partial charge on any atom is 0.0720 e. The number of hydrogen-bond acceptors (Lipinski definition) is 3. The number of fused-ring (bicyclic) bond motifs is 1. The number of hydrogen-bond donors (Lipinski definition) is 1. The van der Waals surface area contributed by atoms with Gasteiger partial charge in [-0.3, -0.25) is 0 Å². The quantitative estimate of drug-likeness (QED) is 0.832.